The molecule has 0 aliphatic carbocycles. The van der Waals surface area contributed by atoms with E-state index in [9.17, 15) is 9.18 Å². The van der Waals surface area contributed by atoms with Crippen LogP contribution in [0.1, 0.15) is 5.56 Å². The first-order valence-corrected chi connectivity index (χ1v) is 7.86. The van der Waals surface area contributed by atoms with Gasteiger partial charge in [0.1, 0.15) is 11.3 Å². The molecule has 0 saturated carbocycles. The summed E-state index contributed by atoms with van der Waals surface area (Å²) in [4.78, 5) is 16.5. The Morgan fingerprint density at radius 2 is 1.88 bits per heavy atom. The van der Waals surface area contributed by atoms with Crippen LogP contribution in [0.5, 0.6) is 11.5 Å². The highest BCUT2D eigenvalue weighted by Crippen LogP contribution is 2.29. The third-order valence-electron chi connectivity index (χ3n) is 3.81. The molecule has 0 aliphatic rings. The third kappa shape index (κ3) is 3.64. The molecule has 0 atom stereocenters. The van der Waals surface area contributed by atoms with Crippen molar-refractivity contribution < 1.29 is 18.7 Å². The SMILES string of the molecule is COc1ccc(C=CC(=O)Nc2ccc(OC)c3ncccc23)cc1F. The van der Waals surface area contributed by atoms with Crippen LogP contribution in [0.25, 0.3) is 17.0 Å². The molecule has 6 heteroatoms. The number of hydrogen-bond acceptors (Lipinski definition) is 4. The number of carbonyl (C=O) groups excluding carboxylic acids is 1. The van der Waals surface area contributed by atoms with Gasteiger partial charge in [0.2, 0.25) is 5.91 Å². The Balaban J connectivity index is 1.80. The normalized spacial score (nSPS) is 10.9. The number of pyridine rings is 1. The summed E-state index contributed by atoms with van der Waals surface area (Å²) in [6, 6.07) is 11.6. The van der Waals surface area contributed by atoms with Crippen molar-refractivity contribution >= 4 is 28.6 Å². The lowest BCUT2D eigenvalue weighted by molar-refractivity contribution is -0.111. The van der Waals surface area contributed by atoms with Gasteiger partial charge in [-0.1, -0.05) is 6.07 Å². The third-order valence-corrected chi connectivity index (χ3v) is 3.81. The molecule has 2 aromatic carbocycles. The van der Waals surface area contributed by atoms with Crippen LogP contribution in [0.4, 0.5) is 10.1 Å². The van der Waals surface area contributed by atoms with Gasteiger partial charge < -0.3 is 14.8 Å². The van der Waals surface area contributed by atoms with E-state index >= 15 is 0 Å². The van der Waals surface area contributed by atoms with Gasteiger partial charge in [-0.25, -0.2) is 4.39 Å². The summed E-state index contributed by atoms with van der Waals surface area (Å²) >= 11 is 0. The molecular weight excluding hydrogens is 335 g/mol. The van der Waals surface area contributed by atoms with Crippen LogP contribution >= 0.6 is 0 Å². The summed E-state index contributed by atoms with van der Waals surface area (Å²) < 4.78 is 23.8. The minimum absolute atomic E-state index is 0.156. The number of rotatable bonds is 5. The first kappa shape index (κ1) is 17.4. The fourth-order valence-corrected chi connectivity index (χ4v) is 2.55. The molecule has 132 valence electrons. The zero-order valence-corrected chi connectivity index (χ0v) is 14.3. The molecule has 1 aromatic heterocycles. The van der Waals surface area contributed by atoms with Crippen molar-refractivity contribution in [3.8, 4) is 11.5 Å². The van der Waals surface area contributed by atoms with Gasteiger partial charge in [-0.15, -0.1) is 0 Å². The topological polar surface area (TPSA) is 60.5 Å². The molecule has 0 unspecified atom stereocenters. The maximum Gasteiger partial charge on any atom is 0.248 e. The maximum atomic E-state index is 13.7. The van der Waals surface area contributed by atoms with Gasteiger partial charge in [0, 0.05) is 17.7 Å². The molecule has 0 radical (unpaired) electrons. The summed E-state index contributed by atoms with van der Waals surface area (Å²) in [6.07, 6.45) is 4.53. The minimum Gasteiger partial charge on any atom is -0.494 e. The second kappa shape index (κ2) is 7.65. The number of fused-ring (bicyclic) bond motifs is 1. The molecule has 0 aliphatic heterocycles. The molecule has 1 N–H and O–H groups in total. The lowest BCUT2D eigenvalue weighted by Gasteiger charge is -2.09. The highest BCUT2D eigenvalue weighted by Gasteiger charge is 2.09. The Hall–Kier alpha value is -3.41. The predicted molar refractivity (Wildman–Crippen MR) is 98.9 cm³/mol. The average Bonchev–Trinajstić information content (AvgIpc) is 2.67. The molecule has 5 nitrogen and oxygen atoms in total. The quantitative estimate of drug-likeness (QED) is 0.704. The number of nitrogens with zero attached hydrogens (tertiary/aromatic N) is 1. The van der Waals surface area contributed by atoms with E-state index in [1.165, 1.54) is 31.4 Å². The van der Waals surface area contributed by atoms with Crippen molar-refractivity contribution in [2.75, 3.05) is 19.5 Å². The van der Waals surface area contributed by atoms with Gasteiger partial charge in [-0.2, -0.15) is 0 Å². The predicted octanol–water partition coefficient (Wildman–Crippen LogP) is 4.04. The highest BCUT2D eigenvalue weighted by molar-refractivity contribution is 6.07. The molecule has 0 spiro atoms. The summed E-state index contributed by atoms with van der Waals surface area (Å²) in [7, 11) is 2.97. The maximum absolute atomic E-state index is 13.7. The monoisotopic (exact) mass is 352 g/mol. The molecule has 0 bridgehead atoms. The van der Waals surface area contributed by atoms with Crippen LogP contribution in [0.15, 0.2) is 54.7 Å². The van der Waals surface area contributed by atoms with Gasteiger partial charge in [0.15, 0.2) is 11.6 Å². The Morgan fingerprint density at radius 1 is 1.12 bits per heavy atom. The Morgan fingerprint density at radius 3 is 2.62 bits per heavy atom. The number of nitrogens with one attached hydrogen (secondary N) is 1. The van der Waals surface area contributed by atoms with E-state index in [-0.39, 0.29) is 11.7 Å². The molecule has 1 heterocycles. The lowest BCUT2D eigenvalue weighted by atomic mass is 10.1. The first-order chi connectivity index (χ1) is 12.6. The minimum atomic E-state index is -0.484. The largest absolute Gasteiger partial charge is 0.494 e. The van der Waals surface area contributed by atoms with Gasteiger partial charge >= 0.3 is 0 Å². The van der Waals surface area contributed by atoms with Gasteiger partial charge in [0.05, 0.1) is 19.9 Å². The zero-order valence-electron chi connectivity index (χ0n) is 14.3. The Labute approximate surface area is 150 Å². The fourth-order valence-electron chi connectivity index (χ4n) is 2.55. The van der Waals surface area contributed by atoms with E-state index in [1.54, 1.807) is 37.6 Å². The van der Waals surface area contributed by atoms with E-state index in [1.807, 2.05) is 6.07 Å². The molecular formula is C20H17FN2O3. The number of aromatic nitrogens is 1. The summed E-state index contributed by atoms with van der Waals surface area (Å²) in [5, 5.41) is 3.57. The van der Waals surface area contributed by atoms with E-state index in [2.05, 4.69) is 10.3 Å². The molecule has 0 fully saturated rings. The number of anilines is 1. The highest BCUT2D eigenvalue weighted by atomic mass is 19.1. The van der Waals surface area contributed by atoms with Crippen LogP contribution in [0.2, 0.25) is 0 Å². The van der Waals surface area contributed by atoms with Crippen molar-refractivity contribution in [1.29, 1.82) is 0 Å². The number of benzene rings is 2. The van der Waals surface area contributed by atoms with Crippen LogP contribution in [0.3, 0.4) is 0 Å². The van der Waals surface area contributed by atoms with Crippen molar-refractivity contribution in [2.24, 2.45) is 0 Å². The summed E-state index contributed by atoms with van der Waals surface area (Å²) in [5.74, 6) is -0.0366. The molecule has 0 saturated heterocycles. The molecule has 3 rings (SSSR count). The summed E-state index contributed by atoms with van der Waals surface area (Å²) in [6.45, 7) is 0. The van der Waals surface area contributed by atoms with Crippen molar-refractivity contribution in [2.45, 2.75) is 0 Å². The molecule has 3 aromatic rings. The number of carbonyl (C=O) groups is 1. The number of ether oxygens (including phenoxy) is 2. The summed E-state index contributed by atoms with van der Waals surface area (Å²) in [5.41, 5.74) is 1.83. The number of methoxy groups -OCH3 is 2. The van der Waals surface area contributed by atoms with Crippen molar-refractivity contribution in [1.82, 2.24) is 4.98 Å². The second-order valence-corrected chi connectivity index (χ2v) is 5.43. The standard InChI is InChI=1S/C20H17FN2O3/c1-25-17-8-5-13(12-15(17)21)6-10-19(24)23-16-7-9-18(26-2)20-14(16)4-3-11-22-20/h3-12H,1-2H3,(H,23,24). The lowest BCUT2D eigenvalue weighted by Crippen LogP contribution is -2.08. The Bertz CT molecular complexity index is 986. The van der Waals surface area contributed by atoms with Gasteiger partial charge in [-0.05, 0) is 48.0 Å². The molecule has 1 amide bonds. The Kier molecular flexibility index (Phi) is 5.12. The van der Waals surface area contributed by atoms with Crippen LogP contribution < -0.4 is 14.8 Å². The average molecular weight is 352 g/mol. The van der Waals surface area contributed by atoms with E-state index in [4.69, 9.17) is 9.47 Å². The second-order valence-electron chi connectivity index (χ2n) is 5.43. The van der Waals surface area contributed by atoms with Crippen LogP contribution in [0, 0.1) is 5.82 Å². The first-order valence-electron chi connectivity index (χ1n) is 7.86. The number of hydrogen-bond donors (Lipinski definition) is 1. The van der Waals surface area contributed by atoms with Gasteiger partial charge in [0.25, 0.3) is 0 Å². The van der Waals surface area contributed by atoms with Crippen LogP contribution in [-0.2, 0) is 4.79 Å². The fraction of sp³-hybridized carbons (Fsp3) is 0.100. The van der Waals surface area contributed by atoms with Gasteiger partial charge in [-0.3, -0.25) is 9.78 Å². The number of amides is 1. The number of halogens is 1. The van der Waals surface area contributed by atoms with E-state index < -0.39 is 5.82 Å². The smallest absolute Gasteiger partial charge is 0.248 e. The van der Waals surface area contributed by atoms with Crippen LogP contribution in [-0.4, -0.2) is 25.1 Å². The molecule has 26 heavy (non-hydrogen) atoms. The van der Waals surface area contributed by atoms with Crippen molar-refractivity contribution in [3.05, 3.63) is 66.1 Å². The van der Waals surface area contributed by atoms with E-state index in [0.717, 1.165) is 5.39 Å². The van der Waals surface area contributed by atoms with E-state index in [0.29, 0.717) is 22.5 Å². The van der Waals surface area contributed by atoms with Crippen molar-refractivity contribution in [3.63, 3.8) is 0 Å². The zero-order chi connectivity index (χ0) is 18.5.